The van der Waals surface area contributed by atoms with Crippen LogP contribution in [-0.2, 0) is 16.0 Å². The summed E-state index contributed by atoms with van der Waals surface area (Å²) < 4.78 is 10.9. The van der Waals surface area contributed by atoms with Crippen molar-refractivity contribution in [2.24, 2.45) is 0 Å². The third-order valence-corrected chi connectivity index (χ3v) is 7.20. The molecule has 0 fully saturated rings. The predicted octanol–water partition coefficient (Wildman–Crippen LogP) is 6.74. The predicted molar refractivity (Wildman–Crippen MR) is 146 cm³/mol. The average Bonchev–Trinajstić information content (AvgIpc) is 2.84. The van der Waals surface area contributed by atoms with Crippen LogP contribution in [0.25, 0.3) is 27.7 Å². The summed E-state index contributed by atoms with van der Waals surface area (Å²) in [5.41, 5.74) is 5.89. The van der Waals surface area contributed by atoms with Crippen LogP contribution < -0.4 is 10.5 Å². The highest BCUT2D eigenvalue weighted by Crippen LogP contribution is 2.42. The highest BCUT2D eigenvalue weighted by Gasteiger charge is 2.32. The van der Waals surface area contributed by atoms with Crippen molar-refractivity contribution in [2.45, 2.75) is 52.5 Å². The number of allylic oxidation sites excluding steroid dienone is 1. The lowest BCUT2D eigenvalue weighted by atomic mass is 9.87. The molecule has 6 heteroatoms. The van der Waals surface area contributed by atoms with Crippen LogP contribution in [0.2, 0.25) is 0 Å². The maximum absolute atomic E-state index is 12.9. The molecule has 0 spiro atoms. The Hall–Kier alpha value is -2.86. The number of rotatable bonds is 8. The van der Waals surface area contributed by atoms with Gasteiger partial charge in [-0.25, -0.2) is 4.79 Å². The molecule has 1 aliphatic rings. The summed E-state index contributed by atoms with van der Waals surface area (Å²) >= 11 is 3.66. The van der Waals surface area contributed by atoms with E-state index in [0.717, 1.165) is 28.6 Å². The normalized spacial score (nSPS) is 14.5. The second-order valence-corrected chi connectivity index (χ2v) is 9.98. The van der Waals surface area contributed by atoms with Crippen LogP contribution in [0.15, 0.2) is 57.8 Å². The smallest absolute Gasteiger partial charge is 0.344 e. The van der Waals surface area contributed by atoms with Gasteiger partial charge >= 0.3 is 11.6 Å². The minimum Gasteiger partial charge on any atom is -0.466 e. The molecule has 0 atom stereocenters. The zero-order chi connectivity index (χ0) is 25.2. The van der Waals surface area contributed by atoms with E-state index in [1.807, 2.05) is 43.3 Å². The molecule has 35 heavy (non-hydrogen) atoms. The summed E-state index contributed by atoms with van der Waals surface area (Å²) in [4.78, 5) is 27.1. The Morgan fingerprint density at radius 2 is 1.80 bits per heavy atom. The molecular weight excluding hydrogens is 506 g/mol. The van der Waals surface area contributed by atoms with E-state index in [-0.39, 0.29) is 17.1 Å². The summed E-state index contributed by atoms with van der Waals surface area (Å²) in [5.74, 6) is -0.178. The van der Waals surface area contributed by atoms with Gasteiger partial charge in [0.15, 0.2) is 0 Å². The number of carbonyl (C=O) groups is 1. The number of benzene rings is 2. The van der Waals surface area contributed by atoms with Crippen molar-refractivity contribution in [1.82, 2.24) is 0 Å². The maximum Gasteiger partial charge on any atom is 0.344 e. The molecule has 2 heterocycles. The van der Waals surface area contributed by atoms with Gasteiger partial charge in [0.05, 0.1) is 17.7 Å². The van der Waals surface area contributed by atoms with Gasteiger partial charge in [-0.1, -0.05) is 53.2 Å². The van der Waals surface area contributed by atoms with Gasteiger partial charge in [-0.3, -0.25) is 4.79 Å². The average molecular weight is 538 g/mol. The number of esters is 1. The molecule has 0 N–H and O–H groups in total. The van der Waals surface area contributed by atoms with Gasteiger partial charge in [0.2, 0.25) is 0 Å². The molecule has 5 nitrogen and oxygen atoms in total. The van der Waals surface area contributed by atoms with Gasteiger partial charge < -0.3 is 14.1 Å². The monoisotopic (exact) mass is 537 g/mol. The second kappa shape index (κ2) is 10.4. The molecule has 0 bridgehead atoms. The van der Waals surface area contributed by atoms with Crippen LogP contribution in [0.3, 0.4) is 0 Å². The Bertz CT molecular complexity index is 1320. The molecule has 1 aromatic heterocycles. The number of hydrogen-bond donors (Lipinski definition) is 0. The Labute approximate surface area is 214 Å². The van der Waals surface area contributed by atoms with Gasteiger partial charge in [0.1, 0.15) is 5.58 Å². The highest BCUT2D eigenvalue weighted by molar-refractivity contribution is 9.09. The molecule has 0 aliphatic carbocycles. The Morgan fingerprint density at radius 1 is 1.09 bits per heavy atom. The van der Waals surface area contributed by atoms with E-state index in [0.29, 0.717) is 42.5 Å². The fourth-order valence-corrected chi connectivity index (χ4v) is 5.25. The molecule has 4 rings (SSSR count). The standard InChI is InChI=1S/C29H32BrNO4/c1-5-19-9-11-20(12-10-19)24-15-21-14-23-22(18-30)17-29(3,4)31(13-7-8-27(32)34-6-2)25(23)16-26(21)35-28(24)33/h9-12,14-17H,5-8,13,18H2,1-4H3. The lowest BCUT2D eigenvalue weighted by Crippen LogP contribution is -2.46. The number of carbonyl (C=O) groups excluding carboxylic acids is 1. The van der Waals surface area contributed by atoms with Gasteiger partial charge in [0, 0.05) is 41.0 Å². The minimum absolute atomic E-state index is 0.178. The Kier molecular flexibility index (Phi) is 7.50. The first-order valence-electron chi connectivity index (χ1n) is 12.2. The number of anilines is 1. The van der Waals surface area contributed by atoms with Crippen LogP contribution >= 0.6 is 15.9 Å². The van der Waals surface area contributed by atoms with Gasteiger partial charge in [-0.2, -0.15) is 0 Å². The summed E-state index contributed by atoms with van der Waals surface area (Å²) in [6.45, 7) is 9.32. The zero-order valence-corrected chi connectivity index (χ0v) is 22.4. The number of aryl methyl sites for hydroxylation is 1. The van der Waals surface area contributed by atoms with Crippen molar-refractivity contribution in [2.75, 3.05) is 23.4 Å². The summed E-state index contributed by atoms with van der Waals surface area (Å²) in [5, 5.41) is 1.60. The van der Waals surface area contributed by atoms with Crippen LogP contribution in [0.5, 0.6) is 0 Å². The maximum atomic E-state index is 12.9. The third kappa shape index (κ3) is 5.22. The number of ether oxygens (including phenoxy) is 1. The van der Waals surface area contributed by atoms with E-state index in [9.17, 15) is 9.59 Å². The Balaban J connectivity index is 1.76. The minimum atomic E-state index is -0.345. The van der Waals surface area contributed by atoms with Crippen LogP contribution in [-0.4, -0.2) is 30.0 Å². The number of halogens is 1. The zero-order valence-electron chi connectivity index (χ0n) is 20.8. The molecule has 0 amide bonds. The first-order valence-corrected chi connectivity index (χ1v) is 13.3. The van der Waals surface area contributed by atoms with Gasteiger partial charge in [-0.05, 0) is 62.4 Å². The molecule has 0 saturated carbocycles. The lowest BCUT2D eigenvalue weighted by Gasteiger charge is -2.43. The molecule has 3 aromatic rings. The topological polar surface area (TPSA) is 59.8 Å². The van der Waals surface area contributed by atoms with Crippen molar-refractivity contribution in [3.05, 3.63) is 70.1 Å². The van der Waals surface area contributed by atoms with Crippen molar-refractivity contribution in [3.63, 3.8) is 0 Å². The van der Waals surface area contributed by atoms with E-state index in [4.69, 9.17) is 9.15 Å². The van der Waals surface area contributed by atoms with E-state index >= 15 is 0 Å². The SMILES string of the molecule is CCOC(=O)CCCN1c2cc3oc(=O)c(-c4ccc(CC)cc4)cc3cc2C(CBr)=CC1(C)C. The summed E-state index contributed by atoms with van der Waals surface area (Å²) in [6.07, 6.45) is 4.26. The van der Waals surface area contributed by atoms with Crippen molar-refractivity contribution in [3.8, 4) is 11.1 Å². The molecular formula is C29H32BrNO4. The van der Waals surface area contributed by atoms with E-state index in [2.05, 4.69) is 53.7 Å². The number of fused-ring (bicyclic) bond motifs is 2. The molecule has 1 aliphatic heterocycles. The number of hydrogen-bond acceptors (Lipinski definition) is 5. The highest BCUT2D eigenvalue weighted by atomic mass is 79.9. The second-order valence-electron chi connectivity index (χ2n) is 9.42. The summed E-state index contributed by atoms with van der Waals surface area (Å²) in [7, 11) is 0. The summed E-state index contributed by atoms with van der Waals surface area (Å²) in [6, 6.07) is 14.1. The third-order valence-electron chi connectivity index (χ3n) is 6.60. The lowest BCUT2D eigenvalue weighted by molar-refractivity contribution is -0.143. The van der Waals surface area contributed by atoms with Gasteiger partial charge in [0.25, 0.3) is 0 Å². The molecule has 0 unspecified atom stereocenters. The van der Waals surface area contributed by atoms with Gasteiger partial charge in [-0.15, -0.1) is 0 Å². The molecule has 0 saturated heterocycles. The first kappa shape index (κ1) is 25.2. The fraction of sp³-hybridized carbons (Fsp3) is 0.379. The van der Waals surface area contributed by atoms with Crippen LogP contribution in [0.1, 0.15) is 51.7 Å². The fourth-order valence-electron chi connectivity index (χ4n) is 4.78. The quantitative estimate of drug-likeness (QED) is 0.181. The Morgan fingerprint density at radius 3 is 2.46 bits per heavy atom. The van der Waals surface area contributed by atoms with Crippen molar-refractivity contribution < 1.29 is 13.9 Å². The van der Waals surface area contributed by atoms with Crippen LogP contribution in [0.4, 0.5) is 5.69 Å². The van der Waals surface area contributed by atoms with Crippen LogP contribution in [0, 0.1) is 0 Å². The first-order chi connectivity index (χ1) is 16.8. The molecule has 184 valence electrons. The largest absolute Gasteiger partial charge is 0.466 e. The van der Waals surface area contributed by atoms with E-state index < -0.39 is 0 Å². The van der Waals surface area contributed by atoms with Crippen molar-refractivity contribution in [1.29, 1.82) is 0 Å². The van der Waals surface area contributed by atoms with Crippen molar-refractivity contribution >= 4 is 44.1 Å². The van der Waals surface area contributed by atoms with E-state index in [1.165, 1.54) is 11.1 Å². The van der Waals surface area contributed by atoms with E-state index in [1.54, 1.807) is 0 Å². The molecule has 0 radical (unpaired) electrons. The molecule has 2 aromatic carbocycles. The number of nitrogens with zero attached hydrogens (tertiary/aromatic N) is 1. The number of alkyl halides is 1.